The Hall–Kier alpha value is -2.57. The van der Waals surface area contributed by atoms with E-state index in [1.54, 1.807) is 0 Å². The van der Waals surface area contributed by atoms with Crippen molar-refractivity contribution in [1.29, 1.82) is 0 Å². The number of carbonyl (C=O) groups is 1. The maximum Gasteiger partial charge on any atom is 0.219 e. The smallest absolute Gasteiger partial charge is 0.219 e. The molecule has 3 heteroatoms. The highest BCUT2D eigenvalue weighted by atomic mass is 16.1. The van der Waals surface area contributed by atoms with Crippen LogP contribution >= 0.6 is 0 Å². The summed E-state index contributed by atoms with van der Waals surface area (Å²) in [7, 11) is 0. The first-order chi connectivity index (χ1) is 9.65. The van der Waals surface area contributed by atoms with Gasteiger partial charge in [0.2, 0.25) is 5.91 Å². The largest absolute Gasteiger partial charge is 0.370 e. The zero-order valence-corrected chi connectivity index (χ0v) is 11.0. The second kappa shape index (κ2) is 6.55. The fraction of sp³-hybridized carbons (Fsp3) is 0.118. The van der Waals surface area contributed by atoms with Crippen LogP contribution in [0.25, 0.3) is 0 Å². The molecule has 1 amide bonds. The van der Waals surface area contributed by atoms with Crippen LogP contribution < -0.4 is 11.5 Å². The van der Waals surface area contributed by atoms with Crippen LogP contribution in [0.15, 0.2) is 54.6 Å². The summed E-state index contributed by atoms with van der Waals surface area (Å²) in [6.45, 7) is 0. The Kier molecular flexibility index (Phi) is 4.54. The SMILES string of the molecule is NC(=O)CC(N)c1ccc(C#Cc2ccccc2)cc1. The van der Waals surface area contributed by atoms with Gasteiger partial charge in [-0.3, -0.25) is 4.79 Å². The number of amides is 1. The third-order valence-corrected chi connectivity index (χ3v) is 2.88. The highest BCUT2D eigenvalue weighted by Crippen LogP contribution is 2.14. The van der Waals surface area contributed by atoms with Crippen LogP contribution in [0.3, 0.4) is 0 Å². The highest BCUT2D eigenvalue weighted by molar-refractivity contribution is 5.74. The molecule has 0 heterocycles. The average molecular weight is 264 g/mol. The number of rotatable bonds is 3. The molecule has 0 spiro atoms. The van der Waals surface area contributed by atoms with E-state index in [4.69, 9.17) is 11.5 Å². The predicted molar refractivity (Wildman–Crippen MR) is 79.6 cm³/mol. The van der Waals surface area contributed by atoms with Crippen molar-refractivity contribution >= 4 is 5.91 Å². The van der Waals surface area contributed by atoms with Gasteiger partial charge >= 0.3 is 0 Å². The van der Waals surface area contributed by atoms with E-state index in [0.717, 1.165) is 16.7 Å². The lowest BCUT2D eigenvalue weighted by atomic mass is 10.0. The monoisotopic (exact) mass is 264 g/mol. The van der Waals surface area contributed by atoms with E-state index in [9.17, 15) is 4.79 Å². The third-order valence-electron chi connectivity index (χ3n) is 2.88. The molecule has 0 bridgehead atoms. The molecule has 0 aliphatic rings. The van der Waals surface area contributed by atoms with Crippen molar-refractivity contribution in [3.63, 3.8) is 0 Å². The molecule has 20 heavy (non-hydrogen) atoms. The molecule has 4 N–H and O–H groups in total. The van der Waals surface area contributed by atoms with Crippen LogP contribution in [0.4, 0.5) is 0 Å². The summed E-state index contributed by atoms with van der Waals surface area (Å²) >= 11 is 0. The van der Waals surface area contributed by atoms with E-state index >= 15 is 0 Å². The molecule has 0 radical (unpaired) electrons. The lowest BCUT2D eigenvalue weighted by molar-refractivity contribution is -0.118. The molecule has 0 aliphatic carbocycles. The van der Waals surface area contributed by atoms with Gasteiger partial charge in [0.1, 0.15) is 0 Å². The lowest BCUT2D eigenvalue weighted by Crippen LogP contribution is -2.20. The summed E-state index contributed by atoms with van der Waals surface area (Å²) in [5.41, 5.74) is 13.8. The number of nitrogens with two attached hydrogens (primary N) is 2. The van der Waals surface area contributed by atoms with Crippen molar-refractivity contribution in [3.8, 4) is 11.8 Å². The molecule has 0 aliphatic heterocycles. The minimum atomic E-state index is -0.398. The normalized spacial score (nSPS) is 11.2. The average Bonchev–Trinajstić information content (AvgIpc) is 2.46. The predicted octanol–water partition coefficient (Wildman–Crippen LogP) is 1.96. The van der Waals surface area contributed by atoms with Gasteiger partial charge in [-0.2, -0.15) is 0 Å². The Morgan fingerprint density at radius 2 is 1.50 bits per heavy atom. The molecular weight excluding hydrogens is 248 g/mol. The van der Waals surface area contributed by atoms with Crippen molar-refractivity contribution in [2.75, 3.05) is 0 Å². The van der Waals surface area contributed by atoms with E-state index in [2.05, 4.69) is 11.8 Å². The number of hydrogen-bond donors (Lipinski definition) is 2. The maximum atomic E-state index is 10.8. The zero-order chi connectivity index (χ0) is 14.4. The Morgan fingerprint density at radius 3 is 2.05 bits per heavy atom. The summed E-state index contributed by atoms with van der Waals surface area (Å²) in [5.74, 6) is 5.77. The van der Waals surface area contributed by atoms with Gasteiger partial charge in [0.15, 0.2) is 0 Å². The fourth-order valence-corrected chi connectivity index (χ4v) is 1.81. The molecule has 0 saturated heterocycles. The van der Waals surface area contributed by atoms with E-state index in [0.29, 0.717) is 0 Å². The molecule has 100 valence electrons. The molecule has 0 fully saturated rings. The van der Waals surface area contributed by atoms with Gasteiger partial charge < -0.3 is 11.5 Å². The maximum absolute atomic E-state index is 10.8. The number of hydrogen-bond acceptors (Lipinski definition) is 2. The van der Waals surface area contributed by atoms with Crippen LogP contribution in [0.1, 0.15) is 29.2 Å². The Labute approximate surface area is 118 Å². The Balaban J connectivity index is 2.09. The van der Waals surface area contributed by atoms with Gasteiger partial charge in [-0.15, -0.1) is 0 Å². The second-order valence-corrected chi connectivity index (χ2v) is 4.51. The van der Waals surface area contributed by atoms with Crippen molar-refractivity contribution in [2.45, 2.75) is 12.5 Å². The number of benzene rings is 2. The second-order valence-electron chi connectivity index (χ2n) is 4.51. The summed E-state index contributed by atoms with van der Waals surface area (Å²) in [6, 6.07) is 17.0. The summed E-state index contributed by atoms with van der Waals surface area (Å²) in [4.78, 5) is 10.8. The topological polar surface area (TPSA) is 69.1 Å². The molecule has 2 rings (SSSR count). The Morgan fingerprint density at radius 1 is 0.950 bits per heavy atom. The standard InChI is InChI=1S/C17H16N2O/c18-16(12-17(19)20)15-10-8-14(9-11-15)7-6-13-4-2-1-3-5-13/h1-5,8-11,16H,12,18H2,(H2,19,20). The highest BCUT2D eigenvalue weighted by Gasteiger charge is 2.08. The van der Waals surface area contributed by atoms with Gasteiger partial charge in [-0.05, 0) is 29.8 Å². The van der Waals surface area contributed by atoms with Gasteiger partial charge in [-0.25, -0.2) is 0 Å². The first-order valence-corrected chi connectivity index (χ1v) is 6.36. The molecule has 2 aromatic carbocycles. The molecular formula is C17H16N2O. The summed E-state index contributed by atoms with van der Waals surface area (Å²) in [5, 5.41) is 0. The van der Waals surface area contributed by atoms with Crippen LogP contribution in [0, 0.1) is 11.8 Å². The van der Waals surface area contributed by atoms with Crippen molar-refractivity contribution in [2.24, 2.45) is 11.5 Å². The molecule has 3 nitrogen and oxygen atoms in total. The minimum absolute atomic E-state index is 0.148. The van der Waals surface area contributed by atoms with E-state index < -0.39 is 5.91 Å². The summed E-state index contributed by atoms with van der Waals surface area (Å²) in [6.07, 6.45) is 0.148. The summed E-state index contributed by atoms with van der Waals surface area (Å²) < 4.78 is 0. The molecule has 1 atom stereocenters. The lowest BCUT2D eigenvalue weighted by Gasteiger charge is -2.09. The van der Waals surface area contributed by atoms with Crippen LogP contribution in [-0.4, -0.2) is 5.91 Å². The third kappa shape index (κ3) is 3.98. The van der Waals surface area contributed by atoms with Crippen LogP contribution in [0.5, 0.6) is 0 Å². The van der Waals surface area contributed by atoms with Crippen molar-refractivity contribution in [3.05, 3.63) is 71.3 Å². The first-order valence-electron chi connectivity index (χ1n) is 6.36. The van der Waals surface area contributed by atoms with E-state index in [-0.39, 0.29) is 12.5 Å². The van der Waals surface area contributed by atoms with Crippen molar-refractivity contribution in [1.82, 2.24) is 0 Å². The fourth-order valence-electron chi connectivity index (χ4n) is 1.81. The van der Waals surface area contributed by atoms with Gasteiger partial charge in [0.05, 0.1) is 0 Å². The molecule has 2 aromatic rings. The van der Waals surface area contributed by atoms with Crippen LogP contribution in [-0.2, 0) is 4.79 Å². The first kappa shape index (κ1) is 13.9. The van der Waals surface area contributed by atoms with E-state index in [1.807, 2.05) is 54.6 Å². The minimum Gasteiger partial charge on any atom is -0.370 e. The Bertz CT molecular complexity index is 636. The van der Waals surface area contributed by atoms with Gasteiger partial charge in [0, 0.05) is 23.6 Å². The molecule has 0 aromatic heterocycles. The van der Waals surface area contributed by atoms with Gasteiger partial charge in [0.25, 0.3) is 0 Å². The number of primary amides is 1. The van der Waals surface area contributed by atoms with Crippen LogP contribution in [0.2, 0.25) is 0 Å². The molecule has 0 saturated carbocycles. The quantitative estimate of drug-likeness (QED) is 0.832. The van der Waals surface area contributed by atoms with E-state index in [1.165, 1.54) is 0 Å². The van der Waals surface area contributed by atoms with Crippen molar-refractivity contribution < 1.29 is 4.79 Å². The zero-order valence-electron chi connectivity index (χ0n) is 11.0. The molecule has 1 unspecified atom stereocenters. The van der Waals surface area contributed by atoms with Gasteiger partial charge in [-0.1, -0.05) is 42.2 Å². The number of carbonyl (C=O) groups excluding carboxylic acids is 1.